The molecule has 0 spiro atoms. The van der Waals surface area contributed by atoms with Crippen molar-refractivity contribution < 1.29 is 20.1 Å². The third-order valence-electron chi connectivity index (χ3n) is 4.38. The molecule has 1 fully saturated rings. The number of hydrogen-bond donors (Lipinski definition) is 4. The molecule has 1 saturated heterocycles. The fraction of sp³-hybridized carbons (Fsp3) is 0.312. The Balaban J connectivity index is 1.92. The summed E-state index contributed by atoms with van der Waals surface area (Å²) < 4.78 is 7.46. The average molecular weight is 378 g/mol. The van der Waals surface area contributed by atoms with E-state index in [0.717, 1.165) is 0 Å². The molecule has 3 aromatic rings. The second kappa shape index (κ2) is 6.36. The quantitative estimate of drug-likeness (QED) is 0.531. The number of imidazole rings is 1. The van der Waals surface area contributed by atoms with Crippen LogP contribution in [0.25, 0.3) is 22.6 Å². The van der Waals surface area contributed by atoms with Crippen LogP contribution in [0.3, 0.4) is 0 Å². The number of rotatable bonds is 3. The zero-order valence-electron chi connectivity index (χ0n) is 13.4. The highest BCUT2D eigenvalue weighted by Gasteiger charge is 2.37. The second-order valence-electron chi connectivity index (χ2n) is 6.02. The minimum atomic E-state index is -0.821. The minimum absolute atomic E-state index is 0.0507. The Morgan fingerprint density at radius 1 is 1.35 bits per heavy atom. The van der Waals surface area contributed by atoms with Crippen LogP contribution in [0.5, 0.6) is 5.75 Å². The summed E-state index contributed by atoms with van der Waals surface area (Å²) in [5.74, 6) is 0.604. The van der Waals surface area contributed by atoms with Gasteiger partial charge in [-0.2, -0.15) is 0 Å². The second-order valence-corrected chi connectivity index (χ2v) is 6.42. The standard InChI is InChI=1S/C16H16ClN5O4/c17-8-3-7(1-2-9(8)24)15-21-13-14(18)19-6-20-16(13)22(15)12-4-10(25)11(5-23)26-12/h1-3,6,10-12,23-25H,4-5H2,(H2,18,19,20)/t10-,11+,12+/m0/s1. The van der Waals surface area contributed by atoms with Gasteiger partial charge in [0.15, 0.2) is 17.0 Å². The van der Waals surface area contributed by atoms with Gasteiger partial charge in [-0.25, -0.2) is 15.0 Å². The lowest BCUT2D eigenvalue weighted by Gasteiger charge is -2.17. The van der Waals surface area contributed by atoms with Crippen molar-refractivity contribution in [1.82, 2.24) is 19.5 Å². The summed E-state index contributed by atoms with van der Waals surface area (Å²) in [6.07, 6.45) is -0.563. The first-order chi connectivity index (χ1) is 12.5. The molecule has 0 radical (unpaired) electrons. The van der Waals surface area contributed by atoms with Crippen LogP contribution < -0.4 is 5.73 Å². The summed E-state index contributed by atoms with van der Waals surface area (Å²) in [7, 11) is 0. The van der Waals surface area contributed by atoms with Gasteiger partial charge in [0.2, 0.25) is 0 Å². The van der Waals surface area contributed by atoms with Gasteiger partial charge in [-0.1, -0.05) is 11.6 Å². The van der Waals surface area contributed by atoms with Gasteiger partial charge in [0.05, 0.1) is 17.7 Å². The molecule has 26 heavy (non-hydrogen) atoms. The molecule has 0 unspecified atom stereocenters. The lowest BCUT2D eigenvalue weighted by Crippen LogP contribution is -2.24. The Morgan fingerprint density at radius 2 is 2.15 bits per heavy atom. The van der Waals surface area contributed by atoms with Crippen molar-refractivity contribution in [3.05, 3.63) is 29.5 Å². The van der Waals surface area contributed by atoms with Gasteiger partial charge in [0.1, 0.15) is 30.2 Å². The van der Waals surface area contributed by atoms with Gasteiger partial charge in [0.25, 0.3) is 0 Å². The van der Waals surface area contributed by atoms with E-state index in [0.29, 0.717) is 22.6 Å². The number of phenols is 1. The van der Waals surface area contributed by atoms with Crippen molar-refractivity contribution in [2.75, 3.05) is 12.3 Å². The molecule has 9 nitrogen and oxygen atoms in total. The van der Waals surface area contributed by atoms with Gasteiger partial charge in [0, 0.05) is 12.0 Å². The zero-order chi connectivity index (χ0) is 18.4. The van der Waals surface area contributed by atoms with Crippen molar-refractivity contribution in [3.8, 4) is 17.1 Å². The summed E-state index contributed by atoms with van der Waals surface area (Å²) in [6, 6.07) is 4.67. The van der Waals surface area contributed by atoms with Crippen molar-refractivity contribution >= 4 is 28.6 Å². The molecule has 0 saturated carbocycles. The number of benzene rings is 1. The SMILES string of the molecule is Nc1ncnc2c1nc(-c1ccc(O)c(Cl)c1)n2[C@H]1C[C@H](O)[C@@H](CO)O1. The Morgan fingerprint density at radius 3 is 2.85 bits per heavy atom. The maximum absolute atomic E-state index is 10.1. The molecule has 136 valence electrons. The van der Waals surface area contributed by atoms with Crippen LogP contribution in [0, 0.1) is 0 Å². The molecule has 2 aromatic heterocycles. The fourth-order valence-corrected chi connectivity index (χ4v) is 3.27. The molecule has 0 aliphatic carbocycles. The van der Waals surface area contributed by atoms with Crippen LogP contribution in [0.1, 0.15) is 12.6 Å². The number of aliphatic hydroxyl groups is 2. The molecule has 4 rings (SSSR count). The number of phenolic OH excluding ortho intramolecular Hbond substituents is 1. The number of fused-ring (bicyclic) bond motifs is 1. The van der Waals surface area contributed by atoms with Crippen molar-refractivity contribution in [3.63, 3.8) is 0 Å². The van der Waals surface area contributed by atoms with Crippen LogP contribution >= 0.6 is 11.6 Å². The Bertz CT molecular complexity index is 979. The predicted octanol–water partition coefficient (Wildman–Crippen LogP) is 1.08. The number of nitrogens with two attached hydrogens (primary N) is 1. The summed E-state index contributed by atoms with van der Waals surface area (Å²) in [4.78, 5) is 12.7. The average Bonchev–Trinajstić information content (AvgIpc) is 3.18. The number of ether oxygens (including phenoxy) is 1. The number of hydrogen-bond acceptors (Lipinski definition) is 8. The summed E-state index contributed by atoms with van der Waals surface area (Å²) in [5.41, 5.74) is 7.36. The highest BCUT2D eigenvalue weighted by atomic mass is 35.5. The normalized spacial score (nSPS) is 23.0. The van der Waals surface area contributed by atoms with E-state index in [4.69, 9.17) is 22.1 Å². The van der Waals surface area contributed by atoms with Gasteiger partial charge in [-0.15, -0.1) is 0 Å². The van der Waals surface area contributed by atoms with E-state index in [1.165, 1.54) is 12.4 Å². The maximum Gasteiger partial charge on any atom is 0.168 e. The molecular formula is C16H16ClN5O4. The zero-order valence-corrected chi connectivity index (χ0v) is 14.2. The number of aromatic hydroxyl groups is 1. The van der Waals surface area contributed by atoms with Gasteiger partial charge in [-0.3, -0.25) is 4.57 Å². The van der Waals surface area contributed by atoms with Crippen LogP contribution in [0.2, 0.25) is 5.02 Å². The van der Waals surface area contributed by atoms with E-state index in [1.807, 2.05) is 0 Å². The Labute approximate surface area is 152 Å². The van der Waals surface area contributed by atoms with Crippen LogP contribution in [0.15, 0.2) is 24.5 Å². The number of halogens is 1. The minimum Gasteiger partial charge on any atom is -0.506 e. The third kappa shape index (κ3) is 2.65. The number of nitrogen functional groups attached to an aromatic ring is 1. The summed E-state index contributed by atoms with van der Waals surface area (Å²) >= 11 is 6.03. The Kier molecular flexibility index (Phi) is 4.16. The molecule has 1 aliphatic heterocycles. The third-order valence-corrected chi connectivity index (χ3v) is 4.69. The molecule has 1 aromatic carbocycles. The van der Waals surface area contributed by atoms with E-state index < -0.39 is 18.4 Å². The molecule has 0 amide bonds. The van der Waals surface area contributed by atoms with E-state index >= 15 is 0 Å². The van der Waals surface area contributed by atoms with Crippen molar-refractivity contribution in [2.24, 2.45) is 0 Å². The first-order valence-electron chi connectivity index (χ1n) is 7.91. The number of aromatic nitrogens is 4. The molecular weight excluding hydrogens is 362 g/mol. The van der Waals surface area contributed by atoms with E-state index in [1.54, 1.807) is 16.7 Å². The van der Waals surface area contributed by atoms with Crippen LogP contribution in [-0.2, 0) is 4.74 Å². The van der Waals surface area contributed by atoms with Crippen LogP contribution in [-0.4, -0.2) is 53.7 Å². The van der Waals surface area contributed by atoms with E-state index in [9.17, 15) is 15.3 Å². The highest BCUT2D eigenvalue weighted by molar-refractivity contribution is 6.32. The van der Waals surface area contributed by atoms with Crippen LogP contribution in [0.4, 0.5) is 5.82 Å². The van der Waals surface area contributed by atoms with E-state index in [-0.39, 0.29) is 29.6 Å². The fourth-order valence-electron chi connectivity index (χ4n) is 3.09. The molecule has 0 bridgehead atoms. The molecule has 5 N–H and O–H groups in total. The largest absolute Gasteiger partial charge is 0.506 e. The molecule has 3 heterocycles. The number of nitrogens with zero attached hydrogens (tertiary/aromatic N) is 4. The topological polar surface area (TPSA) is 140 Å². The monoisotopic (exact) mass is 377 g/mol. The first kappa shape index (κ1) is 17.0. The van der Waals surface area contributed by atoms with E-state index in [2.05, 4.69) is 15.0 Å². The number of anilines is 1. The Hall–Kier alpha value is -2.46. The molecule has 1 aliphatic rings. The summed E-state index contributed by atoms with van der Waals surface area (Å²) in [5, 5.41) is 29.3. The number of aliphatic hydroxyl groups excluding tert-OH is 2. The lowest BCUT2D eigenvalue weighted by molar-refractivity contribution is -0.0426. The first-order valence-corrected chi connectivity index (χ1v) is 8.29. The predicted molar refractivity (Wildman–Crippen MR) is 93.5 cm³/mol. The highest BCUT2D eigenvalue weighted by Crippen LogP contribution is 2.37. The van der Waals surface area contributed by atoms with Gasteiger partial charge >= 0.3 is 0 Å². The van der Waals surface area contributed by atoms with Gasteiger partial charge in [-0.05, 0) is 18.2 Å². The maximum atomic E-state index is 10.1. The summed E-state index contributed by atoms with van der Waals surface area (Å²) in [6.45, 7) is -0.304. The van der Waals surface area contributed by atoms with Crippen molar-refractivity contribution in [2.45, 2.75) is 24.9 Å². The lowest BCUT2D eigenvalue weighted by atomic mass is 10.1. The van der Waals surface area contributed by atoms with Crippen molar-refractivity contribution in [1.29, 1.82) is 0 Å². The molecule has 3 atom stereocenters. The van der Waals surface area contributed by atoms with Gasteiger partial charge < -0.3 is 25.8 Å². The molecule has 10 heteroatoms. The smallest absolute Gasteiger partial charge is 0.168 e.